The van der Waals surface area contributed by atoms with E-state index in [1.54, 1.807) is 0 Å². The summed E-state index contributed by atoms with van der Waals surface area (Å²) in [5, 5.41) is 32.8. The predicted octanol–water partition coefficient (Wildman–Crippen LogP) is 10.0. The number of unbranched alkanes of at least 4 members (excludes halogenated alkanes) is 11. The van der Waals surface area contributed by atoms with Crippen molar-refractivity contribution in [2.45, 2.75) is 194 Å². The van der Waals surface area contributed by atoms with Crippen LogP contribution < -0.4 is 0 Å². The highest BCUT2D eigenvalue weighted by atomic mass is 16.5. The van der Waals surface area contributed by atoms with Gasteiger partial charge in [0, 0.05) is 12.8 Å². The summed E-state index contributed by atoms with van der Waals surface area (Å²) < 4.78 is 6.04. The van der Waals surface area contributed by atoms with Crippen molar-refractivity contribution < 1.29 is 29.6 Å². The number of carboxylic acid groups (broad SMARTS) is 1. The van der Waals surface area contributed by atoms with E-state index in [1.807, 2.05) is 0 Å². The monoisotopic (exact) mass is 673 g/mol. The van der Waals surface area contributed by atoms with Crippen molar-refractivity contribution in [3.63, 3.8) is 0 Å². The number of aliphatic hydroxyl groups excluding tert-OH is 2. The van der Waals surface area contributed by atoms with Gasteiger partial charge in [-0.3, -0.25) is 9.59 Å². The summed E-state index contributed by atoms with van der Waals surface area (Å²) in [6, 6.07) is 0. The topological polar surface area (TPSA) is 104 Å². The van der Waals surface area contributed by atoms with Gasteiger partial charge in [-0.05, 0) is 130 Å². The van der Waals surface area contributed by atoms with Gasteiger partial charge in [-0.25, -0.2) is 0 Å². The van der Waals surface area contributed by atoms with Crippen LogP contribution in [0.2, 0.25) is 0 Å². The summed E-state index contributed by atoms with van der Waals surface area (Å²) in [5.41, 5.74) is -0.244. The van der Waals surface area contributed by atoms with E-state index >= 15 is 0 Å². The van der Waals surface area contributed by atoms with Gasteiger partial charge in [-0.15, -0.1) is 0 Å². The zero-order chi connectivity index (χ0) is 34.7. The smallest absolute Gasteiger partial charge is 0.306 e. The minimum Gasteiger partial charge on any atom is -0.481 e. The molecule has 0 radical (unpaired) electrons. The Kier molecular flexibility index (Phi) is 15.4. The first-order valence-electron chi connectivity index (χ1n) is 20.4. The van der Waals surface area contributed by atoms with E-state index in [0.29, 0.717) is 25.2 Å². The number of hydrogen-bond donors (Lipinski definition) is 3. The molecule has 0 aromatic carbocycles. The van der Waals surface area contributed by atoms with Crippen LogP contribution in [0.25, 0.3) is 0 Å². The summed E-state index contributed by atoms with van der Waals surface area (Å²) in [7, 11) is 0. The second-order valence-electron chi connectivity index (χ2n) is 17.2. The van der Waals surface area contributed by atoms with Gasteiger partial charge < -0.3 is 20.1 Å². The molecule has 11 atom stereocenters. The molecule has 3 N–H and O–H groups in total. The number of carbonyl (C=O) groups is 2. The maximum atomic E-state index is 12.8. The van der Waals surface area contributed by atoms with Crippen molar-refractivity contribution in [3.8, 4) is 0 Å². The maximum Gasteiger partial charge on any atom is 0.306 e. The van der Waals surface area contributed by atoms with Crippen LogP contribution in [0.3, 0.4) is 0 Å². The summed E-state index contributed by atoms with van der Waals surface area (Å²) in [6.07, 6.45) is 27.4. The lowest BCUT2D eigenvalue weighted by Gasteiger charge is -2.63. The molecule has 0 bridgehead atoms. The van der Waals surface area contributed by atoms with Crippen LogP contribution in [0.4, 0.5) is 0 Å². The van der Waals surface area contributed by atoms with Crippen LogP contribution in [-0.2, 0) is 14.3 Å². The summed E-state index contributed by atoms with van der Waals surface area (Å²) in [5.74, 6) is 0.707. The Balaban J connectivity index is 1.16. The molecule has 0 aromatic heterocycles. The molecule has 0 unspecified atom stereocenters. The second kappa shape index (κ2) is 18.7. The summed E-state index contributed by atoms with van der Waals surface area (Å²) in [4.78, 5) is 24.1. The first kappa shape index (κ1) is 39.4. The number of rotatable bonds is 20. The third-order valence-corrected chi connectivity index (χ3v) is 14.3. The lowest BCUT2D eigenvalue weighted by molar-refractivity contribution is -0.209. The number of esters is 1. The molecule has 4 fully saturated rings. The normalized spacial score (nSPS) is 36.7. The van der Waals surface area contributed by atoms with Crippen LogP contribution in [0.1, 0.15) is 175 Å². The van der Waals surface area contributed by atoms with Crippen LogP contribution in [0.5, 0.6) is 0 Å². The lowest BCUT2D eigenvalue weighted by Crippen LogP contribution is -2.62. The highest BCUT2D eigenvalue weighted by Crippen LogP contribution is 2.68. The highest BCUT2D eigenvalue weighted by molar-refractivity contribution is 5.69. The fourth-order valence-electron chi connectivity index (χ4n) is 11.4. The van der Waals surface area contributed by atoms with Crippen molar-refractivity contribution in [2.24, 2.45) is 46.3 Å². The van der Waals surface area contributed by atoms with E-state index in [-0.39, 0.29) is 58.9 Å². The van der Waals surface area contributed by atoms with E-state index in [1.165, 1.54) is 70.6 Å². The lowest BCUT2D eigenvalue weighted by atomic mass is 9.43. The first-order valence-corrected chi connectivity index (χ1v) is 20.4. The van der Waals surface area contributed by atoms with Gasteiger partial charge in [0.15, 0.2) is 0 Å². The van der Waals surface area contributed by atoms with Gasteiger partial charge in [-0.2, -0.15) is 0 Å². The number of hydrogen-bond acceptors (Lipinski definition) is 5. The minimum atomic E-state index is -0.753. The number of carboxylic acids is 1. The first-order chi connectivity index (χ1) is 23.0. The molecular formula is C42H72O6. The average molecular weight is 673 g/mol. The van der Waals surface area contributed by atoms with Gasteiger partial charge >= 0.3 is 11.9 Å². The quantitative estimate of drug-likeness (QED) is 0.0676. The van der Waals surface area contributed by atoms with E-state index in [2.05, 4.69) is 39.8 Å². The number of fused-ring (bicyclic) bond motifs is 5. The molecule has 0 saturated heterocycles. The molecular weight excluding hydrogens is 600 g/mol. The molecule has 0 aliphatic heterocycles. The Morgan fingerprint density at radius 2 is 1.46 bits per heavy atom. The van der Waals surface area contributed by atoms with Gasteiger partial charge in [-0.1, -0.05) is 91.2 Å². The molecule has 4 saturated carbocycles. The van der Waals surface area contributed by atoms with Crippen LogP contribution in [0, 0.1) is 46.3 Å². The van der Waals surface area contributed by atoms with E-state index in [0.717, 1.165) is 51.4 Å². The Bertz CT molecular complexity index is 1030. The van der Waals surface area contributed by atoms with Gasteiger partial charge in [0.2, 0.25) is 0 Å². The molecule has 4 aliphatic carbocycles. The molecule has 6 heteroatoms. The highest BCUT2D eigenvalue weighted by Gasteiger charge is 2.65. The molecule has 276 valence electrons. The van der Waals surface area contributed by atoms with Crippen molar-refractivity contribution >= 4 is 11.9 Å². The van der Waals surface area contributed by atoms with Gasteiger partial charge in [0.05, 0.1) is 12.2 Å². The largest absolute Gasteiger partial charge is 0.481 e. The standard InChI is InChI=1S/C42H72O6/c1-5-6-7-8-9-10-11-12-13-14-15-16-17-18-19-20-39(47)48-32-25-26-41(3)31(27-32)28-36(43)40-34-23-22-33(30(2)21-24-38(45)46)42(34,4)37(44)29-35(40)41/h12-13,30-37,40,43-44H,5-11,14-29H2,1-4H3,(H,45,46)/t30-,31+,32-,33-,34+,35+,36-,37+,40+,41+,42-/m1/s1. The van der Waals surface area contributed by atoms with E-state index in [9.17, 15) is 24.9 Å². The molecule has 4 aliphatic rings. The third kappa shape index (κ3) is 9.68. The van der Waals surface area contributed by atoms with Gasteiger partial charge in [0.1, 0.15) is 6.10 Å². The molecule has 0 spiro atoms. The number of ether oxygens (including phenoxy) is 1. The molecule has 4 rings (SSSR count). The fourth-order valence-corrected chi connectivity index (χ4v) is 11.4. The van der Waals surface area contributed by atoms with Crippen LogP contribution in [0.15, 0.2) is 12.2 Å². The number of carbonyl (C=O) groups excluding carboxylic acids is 1. The zero-order valence-corrected chi connectivity index (χ0v) is 31.2. The second-order valence-corrected chi connectivity index (χ2v) is 17.2. The SMILES string of the molecule is CCCCCCCCC=CCCCCCCCC(=O)O[C@@H]1CC[C@@]2(C)[C@@H](C1)C[C@@H](O)[C@@H]1[C@@H]2C[C@H](O)[C@]2(C)[C@@H]([C@H](C)CCC(=O)O)CC[C@@H]12. The van der Waals surface area contributed by atoms with Crippen molar-refractivity contribution in [2.75, 3.05) is 0 Å². The fraction of sp³-hybridized carbons (Fsp3) is 0.905. The number of aliphatic carboxylic acids is 1. The Hall–Kier alpha value is -1.40. The Morgan fingerprint density at radius 1 is 0.812 bits per heavy atom. The number of allylic oxidation sites excluding steroid dienone is 2. The average Bonchev–Trinajstić information content (AvgIpc) is 3.41. The molecule has 0 aromatic rings. The molecule has 48 heavy (non-hydrogen) atoms. The van der Waals surface area contributed by atoms with Crippen molar-refractivity contribution in [1.82, 2.24) is 0 Å². The molecule has 6 nitrogen and oxygen atoms in total. The van der Waals surface area contributed by atoms with Crippen LogP contribution >= 0.6 is 0 Å². The minimum absolute atomic E-state index is 0.0333. The molecule has 0 amide bonds. The van der Waals surface area contributed by atoms with E-state index < -0.39 is 18.2 Å². The van der Waals surface area contributed by atoms with Crippen molar-refractivity contribution in [1.29, 1.82) is 0 Å². The Labute approximate surface area is 293 Å². The zero-order valence-electron chi connectivity index (χ0n) is 31.2. The van der Waals surface area contributed by atoms with Crippen LogP contribution in [-0.4, -0.2) is 45.6 Å². The predicted molar refractivity (Wildman–Crippen MR) is 193 cm³/mol. The summed E-state index contributed by atoms with van der Waals surface area (Å²) in [6.45, 7) is 9.06. The van der Waals surface area contributed by atoms with Crippen molar-refractivity contribution in [3.05, 3.63) is 12.2 Å². The third-order valence-electron chi connectivity index (χ3n) is 14.3. The van der Waals surface area contributed by atoms with E-state index in [4.69, 9.17) is 4.74 Å². The van der Waals surface area contributed by atoms with Gasteiger partial charge in [0.25, 0.3) is 0 Å². The number of aliphatic hydroxyl groups is 2. The maximum absolute atomic E-state index is 12.8. The molecule has 0 heterocycles. The summed E-state index contributed by atoms with van der Waals surface area (Å²) >= 11 is 0. The Morgan fingerprint density at radius 3 is 2.12 bits per heavy atom.